The number of carbonyl (C=O) groups is 4. The van der Waals surface area contributed by atoms with E-state index in [4.69, 9.17) is 9.31 Å². The second kappa shape index (κ2) is 13.7. The monoisotopic (exact) mass is 566 g/mol. The summed E-state index contributed by atoms with van der Waals surface area (Å²) in [6.07, 6.45) is -2.23. The number of benzene rings is 1. The Morgan fingerprint density at radius 3 is 2.32 bits per heavy atom. The van der Waals surface area contributed by atoms with Crippen LogP contribution in [0.15, 0.2) is 48.5 Å². The van der Waals surface area contributed by atoms with Crippen LogP contribution in [0.3, 0.4) is 0 Å². The molecular formula is C29H39BN4O7. The number of nitrogens with zero attached hydrogens (tertiary/aromatic N) is 1. The van der Waals surface area contributed by atoms with Gasteiger partial charge in [-0.05, 0) is 52.2 Å². The molecule has 0 aliphatic carbocycles. The van der Waals surface area contributed by atoms with Crippen molar-refractivity contribution in [3.05, 3.63) is 54.2 Å². The molecule has 1 aromatic carbocycles. The van der Waals surface area contributed by atoms with Crippen molar-refractivity contribution in [1.29, 1.82) is 0 Å². The Morgan fingerprint density at radius 1 is 1.02 bits per heavy atom. The molecule has 220 valence electrons. The summed E-state index contributed by atoms with van der Waals surface area (Å²) in [6.45, 7) is 10.7. The minimum absolute atomic E-state index is 0.0651. The zero-order valence-corrected chi connectivity index (χ0v) is 24.3. The van der Waals surface area contributed by atoms with Gasteiger partial charge >= 0.3 is 13.1 Å². The molecule has 0 saturated carbocycles. The van der Waals surface area contributed by atoms with Gasteiger partial charge in [-0.1, -0.05) is 50.2 Å². The van der Waals surface area contributed by atoms with Gasteiger partial charge in [-0.15, -0.1) is 0 Å². The molecule has 1 saturated heterocycles. The largest absolute Gasteiger partial charge is 0.552 e. The number of amides is 3. The summed E-state index contributed by atoms with van der Waals surface area (Å²) >= 11 is 0. The van der Waals surface area contributed by atoms with Gasteiger partial charge in [-0.3, -0.25) is 19.2 Å². The van der Waals surface area contributed by atoms with Crippen molar-refractivity contribution in [1.82, 2.24) is 20.9 Å². The fraction of sp³-hybridized carbons (Fsp3) is 0.483. The topological polar surface area (TPSA) is 156 Å². The Kier molecular flexibility index (Phi) is 10.6. The first-order chi connectivity index (χ1) is 19.2. The molecule has 1 fully saturated rings. The summed E-state index contributed by atoms with van der Waals surface area (Å²) in [5.41, 5.74) is 1.00. The van der Waals surface area contributed by atoms with E-state index in [2.05, 4.69) is 20.9 Å². The third kappa shape index (κ3) is 9.39. The van der Waals surface area contributed by atoms with E-state index in [1.165, 1.54) is 13.0 Å². The average Bonchev–Trinajstić information content (AvgIpc) is 3.25. The lowest BCUT2D eigenvalue weighted by Crippen LogP contribution is -2.57. The van der Waals surface area contributed by atoms with Crippen molar-refractivity contribution in [2.45, 2.75) is 84.1 Å². The molecule has 1 unspecified atom stereocenters. The van der Waals surface area contributed by atoms with Crippen molar-refractivity contribution in [3.63, 3.8) is 0 Å². The number of aliphatic hydroxyl groups is 1. The summed E-state index contributed by atoms with van der Waals surface area (Å²) in [5, 5.41) is 18.5. The van der Waals surface area contributed by atoms with Crippen molar-refractivity contribution < 1.29 is 33.6 Å². The lowest BCUT2D eigenvalue weighted by atomic mass is 9.74. The van der Waals surface area contributed by atoms with Gasteiger partial charge in [-0.25, -0.2) is 4.98 Å². The highest BCUT2D eigenvalue weighted by atomic mass is 16.7. The number of aliphatic hydroxyl groups excluding tert-OH is 1. The molecule has 41 heavy (non-hydrogen) atoms. The number of rotatable bonds is 11. The lowest BCUT2D eigenvalue weighted by Gasteiger charge is -2.26. The van der Waals surface area contributed by atoms with Crippen LogP contribution in [0.25, 0.3) is 11.3 Å². The third-order valence-corrected chi connectivity index (χ3v) is 6.16. The first-order valence-electron chi connectivity index (χ1n) is 13.7. The minimum Gasteiger partial charge on any atom is -0.506 e. The van der Waals surface area contributed by atoms with Gasteiger partial charge in [0, 0.05) is 11.1 Å². The van der Waals surface area contributed by atoms with Crippen LogP contribution in [0.2, 0.25) is 0 Å². The molecular weight excluding hydrogens is 527 g/mol. The van der Waals surface area contributed by atoms with E-state index in [-0.39, 0.29) is 23.9 Å². The van der Waals surface area contributed by atoms with Crippen LogP contribution in [-0.2, 0) is 23.7 Å². The van der Waals surface area contributed by atoms with Gasteiger partial charge in [0.25, 0.3) is 5.91 Å². The van der Waals surface area contributed by atoms with Crippen LogP contribution in [0.4, 0.5) is 0 Å². The first kappa shape index (κ1) is 31.8. The van der Waals surface area contributed by atoms with Gasteiger partial charge in [0.1, 0.15) is 17.8 Å². The second-order valence-electron chi connectivity index (χ2n) is 11.6. The normalized spacial score (nSPS) is 17.4. The molecule has 1 aliphatic rings. The van der Waals surface area contributed by atoms with E-state index < -0.39 is 54.6 Å². The SMILES string of the molecule is CC(C)C[C@H](NC(=O)[C@@H](NC(=O)c1cccc(-c2ccccc2)n1)[C@@H](C)O)B1OC(=O)C(CC(=O)NC(C)(C)C)O1. The van der Waals surface area contributed by atoms with E-state index in [0.717, 1.165) is 5.56 Å². The standard InChI is InChI=1S/C29H39BN4O7/c1-17(2)15-23(30-40-22(28(39)41-30)16-24(36)34-29(4,5)6)32-27(38)25(18(3)35)33-26(37)21-14-10-13-20(31-21)19-11-8-7-9-12-19/h7-14,17-18,22-23,25,35H,15-16H2,1-6H3,(H,32,38)(H,33,37)(H,34,36)/t18-,22?,23+,25+/m1/s1. The fourth-order valence-electron chi connectivity index (χ4n) is 4.35. The molecule has 11 nitrogen and oxygen atoms in total. The van der Waals surface area contributed by atoms with E-state index >= 15 is 0 Å². The molecule has 0 bridgehead atoms. The minimum atomic E-state index is -1.33. The fourth-order valence-corrected chi connectivity index (χ4v) is 4.35. The number of nitrogens with one attached hydrogen (secondary N) is 3. The van der Waals surface area contributed by atoms with Crippen molar-refractivity contribution in [2.75, 3.05) is 0 Å². The molecule has 1 aliphatic heterocycles. The molecule has 2 heterocycles. The average molecular weight is 566 g/mol. The number of hydrogen-bond donors (Lipinski definition) is 4. The molecule has 3 amide bonds. The molecule has 2 aromatic rings. The highest BCUT2D eigenvalue weighted by Gasteiger charge is 2.47. The van der Waals surface area contributed by atoms with E-state index in [1.54, 1.807) is 12.1 Å². The first-order valence-corrected chi connectivity index (χ1v) is 13.7. The summed E-state index contributed by atoms with van der Waals surface area (Å²) in [5.74, 6) is -3.13. The Hall–Kier alpha value is -3.77. The van der Waals surface area contributed by atoms with E-state index in [9.17, 15) is 24.3 Å². The predicted octanol–water partition coefficient (Wildman–Crippen LogP) is 2.03. The zero-order chi connectivity index (χ0) is 30.3. The Balaban J connectivity index is 1.70. The number of pyridine rings is 1. The summed E-state index contributed by atoms with van der Waals surface area (Å²) in [6, 6.07) is 13.0. The molecule has 0 radical (unpaired) electrons. The van der Waals surface area contributed by atoms with Crippen molar-refractivity contribution in [2.24, 2.45) is 5.92 Å². The maximum absolute atomic E-state index is 13.3. The molecule has 0 spiro atoms. The van der Waals surface area contributed by atoms with Crippen LogP contribution >= 0.6 is 0 Å². The maximum Gasteiger partial charge on any atom is 0.552 e. The predicted molar refractivity (Wildman–Crippen MR) is 153 cm³/mol. The molecule has 1 aromatic heterocycles. The Bertz CT molecular complexity index is 1230. The van der Waals surface area contributed by atoms with Crippen molar-refractivity contribution >= 4 is 30.8 Å². The summed E-state index contributed by atoms with van der Waals surface area (Å²) < 4.78 is 11.2. The molecule has 12 heteroatoms. The molecule has 4 N–H and O–H groups in total. The molecule has 4 atom stereocenters. The van der Waals surface area contributed by atoms with Gasteiger partial charge in [0.2, 0.25) is 11.8 Å². The second-order valence-corrected chi connectivity index (χ2v) is 11.6. The van der Waals surface area contributed by atoms with Gasteiger partial charge in [0.05, 0.1) is 24.2 Å². The smallest absolute Gasteiger partial charge is 0.506 e. The lowest BCUT2D eigenvalue weighted by molar-refractivity contribution is -0.139. The van der Waals surface area contributed by atoms with E-state index in [1.807, 2.05) is 65.0 Å². The van der Waals surface area contributed by atoms with Crippen molar-refractivity contribution in [3.8, 4) is 11.3 Å². The highest BCUT2D eigenvalue weighted by Crippen LogP contribution is 2.21. The number of hydrogen-bond acceptors (Lipinski definition) is 8. The van der Waals surface area contributed by atoms with Crippen LogP contribution in [0.5, 0.6) is 0 Å². The summed E-state index contributed by atoms with van der Waals surface area (Å²) in [7, 11) is -1.14. The van der Waals surface area contributed by atoms with Crippen LogP contribution in [0.1, 0.15) is 64.9 Å². The number of aromatic nitrogens is 1. The zero-order valence-electron chi connectivity index (χ0n) is 24.3. The molecule has 3 rings (SSSR count). The van der Waals surface area contributed by atoms with E-state index in [0.29, 0.717) is 12.1 Å². The van der Waals surface area contributed by atoms with Crippen LogP contribution in [-0.4, -0.2) is 70.6 Å². The van der Waals surface area contributed by atoms with Gasteiger partial charge < -0.3 is 30.4 Å². The quantitative estimate of drug-likeness (QED) is 0.301. The Labute approximate surface area is 240 Å². The van der Waals surface area contributed by atoms with Gasteiger partial charge in [0.15, 0.2) is 0 Å². The van der Waals surface area contributed by atoms with Crippen LogP contribution < -0.4 is 16.0 Å². The van der Waals surface area contributed by atoms with Crippen LogP contribution in [0, 0.1) is 5.92 Å². The van der Waals surface area contributed by atoms with Gasteiger partial charge in [-0.2, -0.15) is 0 Å². The summed E-state index contributed by atoms with van der Waals surface area (Å²) in [4.78, 5) is 55.6. The number of carbonyl (C=O) groups excluding carboxylic acids is 4. The third-order valence-electron chi connectivity index (χ3n) is 6.16. The Morgan fingerprint density at radius 2 is 1.71 bits per heavy atom. The maximum atomic E-state index is 13.3. The highest BCUT2D eigenvalue weighted by molar-refractivity contribution is 6.51.